The Labute approximate surface area is 212 Å². The van der Waals surface area contributed by atoms with Crippen molar-refractivity contribution in [3.05, 3.63) is 71.3 Å². The molecule has 4 rings (SSSR count). The summed E-state index contributed by atoms with van der Waals surface area (Å²) in [5.74, 6) is 0.406. The number of benzene rings is 1. The van der Waals surface area contributed by atoms with Crippen molar-refractivity contribution >= 4 is 38.7 Å². The van der Waals surface area contributed by atoms with Crippen LogP contribution in [0.2, 0.25) is 0 Å². The van der Waals surface area contributed by atoms with E-state index in [1.54, 1.807) is 18.3 Å². The third-order valence-corrected chi connectivity index (χ3v) is 7.12. The molecule has 1 saturated heterocycles. The maximum atomic E-state index is 11.8. The number of sulfonamides is 1. The number of thiocarbonyl (C=S) groups is 1. The Bertz CT molecular complexity index is 1350. The van der Waals surface area contributed by atoms with E-state index in [-0.39, 0.29) is 12.1 Å². The number of aromatic nitrogens is 2. The number of hydrogen-bond acceptors (Lipinski definition) is 5. The SMILES string of the molecule is COc1cc(N2C(=S)N[C@H](c3ccccn3)[C@H]2c2cc(C)n(C(C)C)c2C)ccc1NS(C)(=O)=O. The van der Waals surface area contributed by atoms with E-state index in [4.69, 9.17) is 17.0 Å². The smallest absolute Gasteiger partial charge is 0.229 e. The van der Waals surface area contributed by atoms with Gasteiger partial charge in [0.25, 0.3) is 0 Å². The Morgan fingerprint density at radius 3 is 2.49 bits per heavy atom. The summed E-state index contributed by atoms with van der Waals surface area (Å²) >= 11 is 5.84. The lowest BCUT2D eigenvalue weighted by Crippen LogP contribution is -2.29. The van der Waals surface area contributed by atoms with Crippen LogP contribution in [0.1, 0.15) is 54.6 Å². The van der Waals surface area contributed by atoms with Crippen LogP contribution >= 0.6 is 12.2 Å². The Hall–Kier alpha value is -3.11. The molecule has 1 fully saturated rings. The first-order valence-electron chi connectivity index (χ1n) is 11.4. The number of pyridine rings is 1. The summed E-state index contributed by atoms with van der Waals surface area (Å²) < 4.78 is 34.0. The quantitative estimate of drug-likeness (QED) is 0.445. The Morgan fingerprint density at radius 1 is 1.17 bits per heavy atom. The minimum Gasteiger partial charge on any atom is -0.494 e. The second-order valence-electron chi connectivity index (χ2n) is 9.05. The van der Waals surface area contributed by atoms with Crippen molar-refractivity contribution in [2.75, 3.05) is 23.0 Å². The second-order valence-corrected chi connectivity index (χ2v) is 11.2. The van der Waals surface area contributed by atoms with Crippen molar-refractivity contribution < 1.29 is 13.2 Å². The van der Waals surface area contributed by atoms with Gasteiger partial charge in [-0.15, -0.1) is 0 Å². The molecule has 3 heterocycles. The van der Waals surface area contributed by atoms with Gasteiger partial charge in [-0.25, -0.2) is 8.42 Å². The van der Waals surface area contributed by atoms with E-state index in [9.17, 15) is 8.42 Å². The standard InChI is InChI=1S/C25H31N5O3S2/c1-15(2)29-16(3)13-19(17(29)4)24-23(21-9-7-8-12-26-21)27-25(34)30(24)18-10-11-20(22(14-18)33-5)28-35(6,31)32/h7-15,23-24,28H,1-6H3,(H,27,34)/t23-,24-/m1/s1. The van der Waals surface area contributed by atoms with E-state index >= 15 is 0 Å². The molecule has 0 amide bonds. The van der Waals surface area contributed by atoms with Crippen molar-refractivity contribution in [1.29, 1.82) is 0 Å². The van der Waals surface area contributed by atoms with E-state index < -0.39 is 10.0 Å². The summed E-state index contributed by atoms with van der Waals surface area (Å²) in [6, 6.07) is 13.4. The van der Waals surface area contributed by atoms with Crippen molar-refractivity contribution in [3.8, 4) is 5.75 Å². The zero-order valence-electron chi connectivity index (χ0n) is 20.7. The van der Waals surface area contributed by atoms with Gasteiger partial charge in [-0.3, -0.25) is 9.71 Å². The van der Waals surface area contributed by atoms with Crippen LogP contribution < -0.4 is 19.7 Å². The fraction of sp³-hybridized carbons (Fsp3) is 0.360. The number of methoxy groups -OCH3 is 1. The molecule has 186 valence electrons. The van der Waals surface area contributed by atoms with Gasteiger partial charge >= 0.3 is 0 Å². The van der Waals surface area contributed by atoms with Crippen LogP contribution in [0, 0.1) is 13.8 Å². The molecule has 1 aromatic carbocycles. The molecule has 2 N–H and O–H groups in total. The molecule has 3 aromatic rings. The number of ether oxygens (including phenoxy) is 1. The van der Waals surface area contributed by atoms with Crippen LogP contribution in [0.15, 0.2) is 48.7 Å². The lowest BCUT2D eigenvalue weighted by molar-refractivity contribution is 0.417. The number of hydrogen-bond donors (Lipinski definition) is 2. The normalized spacial score (nSPS) is 18.1. The number of aryl methyl sites for hydroxylation is 1. The van der Waals surface area contributed by atoms with Crippen LogP contribution in [-0.4, -0.2) is 36.4 Å². The zero-order chi connectivity index (χ0) is 25.5. The van der Waals surface area contributed by atoms with Crippen LogP contribution in [-0.2, 0) is 10.0 Å². The average Bonchev–Trinajstić information content (AvgIpc) is 3.28. The molecule has 1 aliphatic heterocycles. The molecule has 1 aliphatic rings. The third kappa shape index (κ3) is 4.85. The Kier molecular flexibility index (Phi) is 6.79. The van der Waals surface area contributed by atoms with Gasteiger partial charge in [0, 0.05) is 35.4 Å². The van der Waals surface area contributed by atoms with Crippen molar-refractivity contribution in [1.82, 2.24) is 14.9 Å². The molecule has 2 atom stereocenters. The first-order valence-corrected chi connectivity index (χ1v) is 13.7. The fourth-order valence-corrected chi connectivity index (χ4v) is 5.87. The number of nitrogens with zero attached hydrogens (tertiary/aromatic N) is 3. The summed E-state index contributed by atoms with van der Waals surface area (Å²) in [5.41, 5.74) is 5.54. The largest absolute Gasteiger partial charge is 0.494 e. The molecule has 35 heavy (non-hydrogen) atoms. The summed E-state index contributed by atoms with van der Waals surface area (Å²) in [6.07, 6.45) is 2.89. The fourth-order valence-electron chi connectivity index (χ4n) is 4.96. The molecular weight excluding hydrogens is 482 g/mol. The predicted octanol–water partition coefficient (Wildman–Crippen LogP) is 4.64. The van der Waals surface area contributed by atoms with Gasteiger partial charge in [0.2, 0.25) is 10.0 Å². The highest BCUT2D eigenvalue weighted by Gasteiger charge is 2.42. The predicted molar refractivity (Wildman–Crippen MR) is 144 cm³/mol. The van der Waals surface area contributed by atoms with Crippen LogP contribution in [0.3, 0.4) is 0 Å². The van der Waals surface area contributed by atoms with Gasteiger partial charge in [0.05, 0.1) is 36.8 Å². The molecule has 8 nitrogen and oxygen atoms in total. The van der Waals surface area contributed by atoms with E-state index in [2.05, 4.69) is 58.3 Å². The summed E-state index contributed by atoms with van der Waals surface area (Å²) in [4.78, 5) is 6.69. The number of anilines is 2. The highest BCUT2D eigenvalue weighted by Crippen LogP contribution is 2.45. The van der Waals surface area contributed by atoms with Crippen molar-refractivity contribution in [3.63, 3.8) is 0 Å². The highest BCUT2D eigenvalue weighted by atomic mass is 32.2. The van der Waals surface area contributed by atoms with Gasteiger partial charge in [0.15, 0.2) is 5.11 Å². The van der Waals surface area contributed by atoms with Gasteiger partial charge in [-0.1, -0.05) is 6.07 Å². The highest BCUT2D eigenvalue weighted by molar-refractivity contribution is 7.92. The number of rotatable bonds is 7. The second kappa shape index (κ2) is 9.50. The van der Waals surface area contributed by atoms with E-state index in [0.717, 1.165) is 23.2 Å². The molecule has 0 radical (unpaired) electrons. The molecule has 2 aromatic heterocycles. The average molecular weight is 514 g/mol. The maximum absolute atomic E-state index is 11.8. The van der Waals surface area contributed by atoms with E-state index in [1.807, 2.05) is 24.3 Å². The topological polar surface area (TPSA) is 88.5 Å². The van der Waals surface area contributed by atoms with Crippen LogP contribution in [0.25, 0.3) is 0 Å². The third-order valence-electron chi connectivity index (χ3n) is 6.22. The van der Waals surface area contributed by atoms with Crippen molar-refractivity contribution in [2.45, 2.75) is 45.8 Å². The minimum absolute atomic E-state index is 0.172. The van der Waals surface area contributed by atoms with Gasteiger partial charge in [-0.05, 0) is 75.8 Å². The maximum Gasteiger partial charge on any atom is 0.229 e. The molecule has 0 aliphatic carbocycles. The molecule has 10 heteroatoms. The summed E-state index contributed by atoms with van der Waals surface area (Å²) in [6.45, 7) is 8.60. The van der Waals surface area contributed by atoms with Crippen LogP contribution in [0.4, 0.5) is 11.4 Å². The van der Waals surface area contributed by atoms with Crippen molar-refractivity contribution in [2.24, 2.45) is 0 Å². The molecule has 0 saturated carbocycles. The monoisotopic (exact) mass is 513 g/mol. The first kappa shape index (κ1) is 25.0. The lowest BCUT2D eigenvalue weighted by Gasteiger charge is -2.29. The zero-order valence-corrected chi connectivity index (χ0v) is 22.4. The van der Waals surface area contributed by atoms with Gasteiger partial charge < -0.3 is 19.5 Å². The molecular formula is C25H31N5O3S2. The molecule has 0 spiro atoms. The van der Waals surface area contributed by atoms with Gasteiger partial charge in [-0.2, -0.15) is 0 Å². The molecule has 0 bridgehead atoms. The first-order chi connectivity index (χ1) is 16.5. The Morgan fingerprint density at radius 2 is 1.91 bits per heavy atom. The lowest BCUT2D eigenvalue weighted by atomic mass is 9.96. The number of nitrogens with one attached hydrogen (secondary N) is 2. The summed E-state index contributed by atoms with van der Waals surface area (Å²) in [7, 11) is -1.95. The summed E-state index contributed by atoms with van der Waals surface area (Å²) in [5, 5.41) is 4.04. The Balaban J connectivity index is 1.87. The minimum atomic E-state index is -3.46. The van der Waals surface area contributed by atoms with Crippen LogP contribution in [0.5, 0.6) is 5.75 Å². The van der Waals surface area contributed by atoms with E-state index in [1.165, 1.54) is 18.5 Å². The molecule has 0 unspecified atom stereocenters. The van der Waals surface area contributed by atoms with E-state index in [0.29, 0.717) is 22.6 Å². The van der Waals surface area contributed by atoms with Gasteiger partial charge in [0.1, 0.15) is 5.75 Å².